The second-order valence-corrected chi connectivity index (χ2v) is 1.06. The predicted molar refractivity (Wildman–Crippen MR) is 27.3 cm³/mol. The van der Waals surface area contributed by atoms with Gasteiger partial charge in [-0.25, -0.2) is 4.79 Å². The average molecular weight is 117 g/mol. The number of rotatable bonds is 2. The van der Waals surface area contributed by atoms with Gasteiger partial charge < -0.3 is 9.84 Å². The van der Waals surface area contributed by atoms with E-state index in [-0.39, 0.29) is 5.88 Å². The molecule has 0 rings (SSSR count). The van der Waals surface area contributed by atoms with Crippen LogP contribution in [0, 0.1) is 0 Å². The molecule has 4 heteroatoms. The van der Waals surface area contributed by atoms with Crippen molar-refractivity contribution in [2.45, 2.75) is 0 Å². The van der Waals surface area contributed by atoms with E-state index in [4.69, 9.17) is 5.11 Å². The number of nitrogens with one attached hydrogen (secondary N) is 1. The molecule has 0 radical (unpaired) electrons. The average Bonchev–Trinajstić information content (AvgIpc) is 1.65. The summed E-state index contributed by atoms with van der Waals surface area (Å²) < 4.78 is 4.37. The Labute approximate surface area is 46.8 Å². The molecule has 0 aliphatic heterocycles. The minimum absolute atomic E-state index is 0.0255. The second-order valence-electron chi connectivity index (χ2n) is 1.06. The van der Waals surface area contributed by atoms with Crippen molar-refractivity contribution >= 4 is 6.09 Å². The zero-order chi connectivity index (χ0) is 6.57. The van der Waals surface area contributed by atoms with Crippen LogP contribution >= 0.6 is 0 Å². The highest BCUT2D eigenvalue weighted by Gasteiger charge is 1.93. The Kier molecular flexibility index (Phi) is 2.47. The summed E-state index contributed by atoms with van der Waals surface area (Å²) in [6, 6.07) is 0. The molecule has 1 amide bonds. The van der Waals surface area contributed by atoms with Crippen molar-refractivity contribution in [2.24, 2.45) is 0 Å². The Morgan fingerprint density at radius 2 is 2.38 bits per heavy atom. The predicted octanol–water partition coefficient (Wildman–Crippen LogP) is 0.372. The summed E-state index contributed by atoms with van der Waals surface area (Å²) in [6.45, 7) is 3.20. The van der Waals surface area contributed by atoms with Crippen LogP contribution in [0.15, 0.2) is 12.5 Å². The third-order valence-corrected chi connectivity index (χ3v) is 0.493. The molecular weight excluding hydrogens is 110 g/mol. The smallest absolute Gasteiger partial charge is 0.411 e. The van der Waals surface area contributed by atoms with Gasteiger partial charge in [-0.3, -0.25) is 5.32 Å². The van der Waals surface area contributed by atoms with Crippen molar-refractivity contribution in [1.29, 1.82) is 0 Å². The molecule has 0 saturated heterocycles. The van der Waals surface area contributed by atoms with E-state index in [1.807, 2.05) is 5.32 Å². The van der Waals surface area contributed by atoms with Gasteiger partial charge in [-0.15, -0.1) is 0 Å². The van der Waals surface area contributed by atoms with E-state index in [1.54, 1.807) is 0 Å². The lowest BCUT2D eigenvalue weighted by molar-refractivity contribution is 0.184. The van der Waals surface area contributed by atoms with Crippen LogP contribution in [0.2, 0.25) is 0 Å². The summed E-state index contributed by atoms with van der Waals surface area (Å²) in [5.74, 6) is 0.0255. The number of ether oxygens (including phenoxy) is 1. The van der Waals surface area contributed by atoms with Gasteiger partial charge in [0.25, 0.3) is 0 Å². The fourth-order valence-electron chi connectivity index (χ4n) is 0.170. The van der Waals surface area contributed by atoms with E-state index in [9.17, 15) is 4.79 Å². The van der Waals surface area contributed by atoms with Crippen molar-refractivity contribution in [2.75, 3.05) is 7.11 Å². The summed E-state index contributed by atoms with van der Waals surface area (Å²) >= 11 is 0. The number of methoxy groups -OCH3 is 1. The largest absolute Gasteiger partial charge is 0.483 e. The molecule has 4 nitrogen and oxygen atoms in total. The van der Waals surface area contributed by atoms with Crippen LogP contribution in [0.5, 0.6) is 0 Å². The van der Waals surface area contributed by atoms with Gasteiger partial charge in [0.15, 0.2) is 5.88 Å². The van der Waals surface area contributed by atoms with E-state index in [1.165, 1.54) is 7.11 Å². The molecule has 8 heavy (non-hydrogen) atoms. The molecule has 0 atom stereocenters. The highest BCUT2D eigenvalue weighted by molar-refractivity contribution is 5.66. The van der Waals surface area contributed by atoms with Gasteiger partial charge in [-0.1, -0.05) is 0 Å². The van der Waals surface area contributed by atoms with E-state index in [0.717, 1.165) is 0 Å². The van der Waals surface area contributed by atoms with Gasteiger partial charge in [0.2, 0.25) is 0 Å². The van der Waals surface area contributed by atoms with Crippen molar-refractivity contribution in [3.63, 3.8) is 0 Å². The van der Waals surface area contributed by atoms with Crippen LogP contribution in [-0.2, 0) is 4.74 Å². The Hall–Kier alpha value is -1.19. The Morgan fingerprint density at radius 3 is 2.50 bits per heavy atom. The fraction of sp³-hybridized carbons (Fsp3) is 0.250. The first-order valence-electron chi connectivity index (χ1n) is 1.89. The van der Waals surface area contributed by atoms with Gasteiger partial charge in [0.1, 0.15) is 0 Å². The fourth-order valence-corrected chi connectivity index (χ4v) is 0.170. The van der Waals surface area contributed by atoms with Gasteiger partial charge >= 0.3 is 6.09 Å². The van der Waals surface area contributed by atoms with Gasteiger partial charge in [-0.05, 0) is 6.58 Å². The minimum Gasteiger partial charge on any atom is -0.483 e. The number of carbonyl (C=O) groups is 1. The minimum atomic E-state index is -1.17. The molecule has 0 aromatic carbocycles. The summed E-state index contributed by atoms with van der Waals surface area (Å²) in [4.78, 5) is 9.72. The van der Waals surface area contributed by atoms with E-state index >= 15 is 0 Å². The molecule has 0 bridgehead atoms. The molecule has 46 valence electrons. The third kappa shape index (κ3) is 3.02. The zero-order valence-electron chi connectivity index (χ0n) is 4.47. The summed E-state index contributed by atoms with van der Waals surface area (Å²) in [5, 5.41) is 9.86. The molecule has 0 unspecified atom stereocenters. The van der Waals surface area contributed by atoms with Gasteiger partial charge in [0.05, 0.1) is 7.11 Å². The quantitative estimate of drug-likeness (QED) is 0.514. The van der Waals surface area contributed by atoms with E-state index in [2.05, 4.69) is 11.3 Å². The van der Waals surface area contributed by atoms with Crippen molar-refractivity contribution in [3.05, 3.63) is 12.5 Å². The van der Waals surface area contributed by atoms with E-state index < -0.39 is 6.09 Å². The summed E-state index contributed by atoms with van der Waals surface area (Å²) in [7, 11) is 1.33. The summed E-state index contributed by atoms with van der Waals surface area (Å²) in [6.07, 6.45) is -1.17. The lowest BCUT2D eigenvalue weighted by Gasteiger charge is -1.99. The molecule has 0 aliphatic carbocycles. The highest BCUT2D eigenvalue weighted by Crippen LogP contribution is 1.80. The normalized spacial score (nSPS) is 7.62. The maximum Gasteiger partial charge on any atom is 0.411 e. The first-order valence-corrected chi connectivity index (χ1v) is 1.89. The van der Waals surface area contributed by atoms with Crippen molar-refractivity contribution < 1.29 is 14.6 Å². The zero-order valence-corrected chi connectivity index (χ0v) is 4.47. The van der Waals surface area contributed by atoms with Crippen LogP contribution in [0.25, 0.3) is 0 Å². The lowest BCUT2D eigenvalue weighted by atomic mass is 10.9. The maximum atomic E-state index is 9.72. The molecule has 0 spiro atoms. The first-order chi connectivity index (χ1) is 3.66. The van der Waals surface area contributed by atoms with Crippen LogP contribution in [-0.4, -0.2) is 18.3 Å². The highest BCUT2D eigenvalue weighted by atomic mass is 16.5. The van der Waals surface area contributed by atoms with E-state index in [0.29, 0.717) is 0 Å². The molecule has 0 aliphatic rings. The molecule has 0 saturated carbocycles. The number of hydrogen-bond acceptors (Lipinski definition) is 2. The van der Waals surface area contributed by atoms with Crippen LogP contribution in [0.1, 0.15) is 0 Å². The van der Waals surface area contributed by atoms with Gasteiger partial charge in [0, 0.05) is 0 Å². The number of hydrogen-bond donors (Lipinski definition) is 2. The van der Waals surface area contributed by atoms with Crippen molar-refractivity contribution in [1.82, 2.24) is 5.32 Å². The number of carboxylic acid groups (broad SMARTS) is 1. The SMILES string of the molecule is C=C(NC(=O)O)OC. The molecule has 2 N–H and O–H groups in total. The standard InChI is InChI=1S/C4H7NO3/c1-3(8-2)5-4(6)7/h5H,1H2,2H3,(H,6,7). The molecule has 0 aromatic rings. The third-order valence-electron chi connectivity index (χ3n) is 0.493. The first kappa shape index (κ1) is 6.81. The van der Waals surface area contributed by atoms with Crippen molar-refractivity contribution in [3.8, 4) is 0 Å². The number of amides is 1. The monoisotopic (exact) mass is 117 g/mol. The molecule has 0 fully saturated rings. The second kappa shape index (κ2) is 2.90. The van der Waals surface area contributed by atoms with Crippen LogP contribution in [0.3, 0.4) is 0 Å². The molecule has 0 heterocycles. The topological polar surface area (TPSA) is 58.6 Å². The van der Waals surface area contributed by atoms with Crippen LogP contribution < -0.4 is 5.32 Å². The van der Waals surface area contributed by atoms with Crippen LogP contribution in [0.4, 0.5) is 4.79 Å². The maximum absolute atomic E-state index is 9.72. The van der Waals surface area contributed by atoms with Gasteiger partial charge in [-0.2, -0.15) is 0 Å². The summed E-state index contributed by atoms with van der Waals surface area (Å²) in [5.41, 5.74) is 0. The Balaban J connectivity index is 3.40. The Bertz CT molecular complexity index is 110. The lowest BCUT2D eigenvalue weighted by Crippen LogP contribution is -2.19. The molecular formula is C4H7NO3. The molecule has 0 aromatic heterocycles. The Morgan fingerprint density at radius 1 is 1.88 bits per heavy atom.